The lowest BCUT2D eigenvalue weighted by Gasteiger charge is -2.15. The molecule has 0 amide bonds. The number of nitrogens with zero attached hydrogens (tertiary/aromatic N) is 3. The van der Waals surface area contributed by atoms with Gasteiger partial charge in [0.2, 0.25) is 20.0 Å². The van der Waals surface area contributed by atoms with Crippen LogP contribution in [0.2, 0.25) is 0 Å². The molecule has 11 nitrogen and oxygen atoms in total. The van der Waals surface area contributed by atoms with Gasteiger partial charge in [-0.25, -0.2) is 22.0 Å². The first-order valence-corrected chi connectivity index (χ1v) is 12.2. The topological polar surface area (TPSA) is 165 Å². The summed E-state index contributed by atoms with van der Waals surface area (Å²) in [5.74, 6) is 0. The highest BCUT2D eigenvalue weighted by atomic mass is 32.2. The lowest BCUT2D eigenvalue weighted by Crippen LogP contribution is -2.27. The molecule has 1 aliphatic rings. The largest absolute Gasteiger partial charge is 0.295 e. The molecule has 31 heavy (non-hydrogen) atoms. The van der Waals surface area contributed by atoms with E-state index in [2.05, 4.69) is 10.5 Å². The predicted octanol–water partition coefficient (Wildman–Crippen LogP) is 1.86. The van der Waals surface area contributed by atoms with Gasteiger partial charge in [0, 0.05) is 19.2 Å². The first kappa shape index (κ1) is 22.8. The molecule has 0 unspecified atom stereocenters. The van der Waals surface area contributed by atoms with Crippen molar-refractivity contribution in [2.45, 2.75) is 29.6 Å². The van der Waals surface area contributed by atoms with Crippen LogP contribution in [0.25, 0.3) is 0 Å². The molecule has 0 spiro atoms. The molecule has 0 saturated carbocycles. The van der Waals surface area contributed by atoms with Crippen molar-refractivity contribution in [1.82, 2.24) is 4.31 Å². The van der Waals surface area contributed by atoms with Crippen molar-refractivity contribution in [2.75, 3.05) is 18.5 Å². The summed E-state index contributed by atoms with van der Waals surface area (Å²) >= 11 is 0. The number of nitro groups is 1. The molecule has 0 bridgehead atoms. The monoisotopic (exact) mass is 467 g/mol. The quantitative estimate of drug-likeness (QED) is 0.356. The predicted molar refractivity (Wildman–Crippen MR) is 115 cm³/mol. The third kappa shape index (κ3) is 5.07. The van der Waals surface area contributed by atoms with E-state index < -0.39 is 30.7 Å². The first-order chi connectivity index (χ1) is 14.5. The lowest BCUT2D eigenvalue weighted by molar-refractivity contribution is -0.384. The number of benzene rings is 2. The summed E-state index contributed by atoms with van der Waals surface area (Å²) in [4.78, 5) is 10.3. The van der Waals surface area contributed by atoms with Crippen LogP contribution in [0.5, 0.6) is 0 Å². The normalized spacial score (nSPS) is 15.7. The van der Waals surface area contributed by atoms with Crippen LogP contribution in [0.3, 0.4) is 0 Å². The van der Waals surface area contributed by atoms with Crippen LogP contribution < -0.4 is 10.6 Å². The maximum absolute atomic E-state index is 12.6. The molecule has 1 saturated heterocycles. The number of sulfonamides is 2. The second-order valence-corrected chi connectivity index (χ2v) is 10.4. The third-order valence-corrected chi connectivity index (χ3v) is 7.64. The summed E-state index contributed by atoms with van der Waals surface area (Å²) in [6.07, 6.45) is 1.69. The van der Waals surface area contributed by atoms with Gasteiger partial charge < -0.3 is 0 Å². The molecule has 0 aliphatic carbocycles. The van der Waals surface area contributed by atoms with Crippen LogP contribution >= 0.6 is 0 Å². The molecule has 2 aromatic carbocycles. The van der Waals surface area contributed by atoms with E-state index in [1.165, 1.54) is 22.5 Å². The van der Waals surface area contributed by atoms with Crippen LogP contribution in [0, 0.1) is 10.1 Å². The SMILES string of the molecule is C/C(=N\Nc1ccc(S(N)(=O)=O)cc1[N+](=O)[O-])c1ccc(S(=O)(=O)N2CCCC2)cc1. The Kier molecular flexibility index (Phi) is 6.40. The van der Waals surface area contributed by atoms with Gasteiger partial charge in [0.1, 0.15) is 5.69 Å². The summed E-state index contributed by atoms with van der Waals surface area (Å²) in [5, 5.41) is 20.4. The molecule has 0 aromatic heterocycles. The zero-order valence-electron chi connectivity index (χ0n) is 16.6. The Morgan fingerprint density at radius 1 is 1.06 bits per heavy atom. The van der Waals surface area contributed by atoms with E-state index in [0.29, 0.717) is 24.4 Å². The lowest BCUT2D eigenvalue weighted by atomic mass is 10.1. The van der Waals surface area contributed by atoms with Gasteiger partial charge in [0.05, 0.1) is 20.4 Å². The van der Waals surface area contributed by atoms with Gasteiger partial charge in [-0.1, -0.05) is 12.1 Å². The first-order valence-electron chi connectivity index (χ1n) is 9.22. The zero-order chi connectivity index (χ0) is 22.8. The fraction of sp³-hybridized carbons (Fsp3) is 0.278. The van der Waals surface area contributed by atoms with Crippen LogP contribution in [0.1, 0.15) is 25.3 Å². The van der Waals surface area contributed by atoms with Crippen molar-refractivity contribution in [1.29, 1.82) is 0 Å². The number of hydrogen-bond donors (Lipinski definition) is 2. The maximum atomic E-state index is 12.6. The van der Waals surface area contributed by atoms with Gasteiger partial charge in [-0.2, -0.15) is 9.41 Å². The van der Waals surface area contributed by atoms with E-state index in [1.54, 1.807) is 19.1 Å². The van der Waals surface area contributed by atoms with Crippen molar-refractivity contribution in [3.63, 3.8) is 0 Å². The highest BCUT2D eigenvalue weighted by molar-refractivity contribution is 7.89. The number of nitro benzene ring substituents is 1. The van der Waals surface area contributed by atoms with Gasteiger partial charge >= 0.3 is 0 Å². The second-order valence-electron chi connectivity index (χ2n) is 6.93. The number of hydrazone groups is 1. The number of rotatable bonds is 7. The average Bonchev–Trinajstić information content (AvgIpc) is 3.27. The van der Waals surface area contributed by atoms with E-state index in [4.69, 9.17) is 5.14 Å². The third-order valence-electron chi connectivity index (χ3n) is 4.81. The van der Waals surface area contributed by atoms with Crippen molar-refractivity contribution in [3.8, 4) is 0 Å². The summed E-state index contributed by atoms with van der Waals surface area (Å²) in [7, 11) is -7.62. The molecule has 2 aromatic rings. The molecule has 1 fully saturated rings. The Labute approximate surface area is 179 Å². The van der Waals surface area contributed by atoms with Crippen molar-refractivity contribution < 1.29 is 21.8 Å². The standard InChI is InChI=1S/C18H21N5O6S2/c1-13(14-4-6-15(7-5-14)31(28,29)22-10-2-3-11-22)20-21-17-9-8-16(30(19,26)27)12-18(17)23(24)25/h4-9,12,21H,2-3,10-11H2,1H3,(H2,19,26,27)/b20-13+. The number of hydrogen-bond acceptors (Lipinski definition) is 8. The molecular formula is C18H21N5O6S2. The molecule has 0 radical (unpaired) electrons. The molecule has 166 valence electrons. The van der Waals surface area contributed by atoms with Gasteiger partial charge in [-0.3, -0.25) is 15.5 Å². The number of nitrogens with two attached hydrogens (primary N) is 1. The maximum Gasteiger partial charge on any atom is 0.295 e. The second kappa shape index (κ2) is 8.70. The molecule has 13 heteroatoms. The fourth-order valence-corrected chi connectivity index (χ4v) is 5.14. The van der Waals surface area contributed by atoms with Crippen LogP contribution in [-0.2, 0) is 20.0 Å². The van der Waals surface area contributed by atoms with Crippen molar-refractivity contribution in [3.05, 3.63) is 58.1 Å². The molecule has 3 rings (SSSR count). The zero-order valence-corrected chi connectivity index (χ0v) is 18.2. The Bertz CT molecular complexity index is 1230. The molecule has 3 N–H and O–H groups in total. The highest BCUT2D eigenvalue weighted by Gasteiger charge is 2.27. The van der Waals surface area contributed by atoms with Gasteiger partial charge in [-0.15, -0.1) is 0 Å². The smallest absolute Gasteiger partial charge is 0.271 e. The summed E-state index contributed by atoms with van der Waals surface area (Å²) in [6, 6.07) is 9.36. The Balaban J connectivity index is 1.81. The average molecular weight is 468 g/mol. The molecule has 0 atom stereocenters. The number of anilines is 1. The summed E-state index contributed by atoms with van der Waals surface area (Å²) < 4.78 is 49.5. The van der Waals surface area contributed by atoms with E-state index in [1.807, 2.05) is 0 Å². The fourth-order valence-electron chi connectivity index (χ4n) is 3.09. The Morgan fingerprint density at radius 3 is 2.19 bits per heavy atom. The van der Waals surface area contributed by atoms with Gasteiger partial charge in [0.15, 0.2) is 0 Å². The minimum atomic E-state index is -4.09. The molecule has 1 heterocycles. The minimum Gasteiger partial charge on any atom is -0.271 e. The number of primary sulfonamides is 1. The van der Waals surface area contributed by atoms with Gasteiger partial charge in [0.25, 0.3) is 5.69 Å². The van der Waals surface area contributed by atoms with E-state index >= 15 is 0 Å². The van der Waals surface area contributed by atoms with E-state index in [-0.39, 0.29) is 15.5 Å². The van der Waals surface area contributed by atoms with Crippen molar-refractivity contribution >= 4 is 37.1 Å². The highest BCUT2D eigenvalue weighted by Crippen LogP contribution is 2.27. The summed E-state index contributed by atoms with van der Waals surface area (Å²) in [5.41, 5.74) is 3.07. The van der Waals surface area contributed by atoms with Crippen LogP contribution in [0.4, 0.5) is 11.4 Å². The Morgan fingerprint density at radius 2 is 1.65 bits per heavy atom. The van der Waals surface area contributed by atoms with E-state index in [0.717, 1.165) is 25.0 Å². The van der Waals surface area contributed by atoms with Gasteiger partial charge in [-0.05, 0) is 49.6 Å². The van der Waals surface area contributed by atoms with E-state index in [9.17, 15) is 26.9 Å². The van der Waals surface area contributed by atoms with Crippen LogP contribution in [0.15, 0.2) is 57.4 Å². The summed E-state index contributed by atoms with van der Waals surface area (Å²) in [6.45, 7) is 2.66. The van der Waals surface area contributed by atoms with Crippen LogP contribution in [-0.4, -0.2) is 44.9 Å². The number of nitrogens with one attached hydrogen (secondary N) is 1. The Hall–Kier alpha value is -2.87. The molecule has 1 aliphatic heterocycles. The molecular weight excluding hydrogens is 446 g/mol. The minimum absolute atomic E-state index is 0.0232. The van der Waals surface area contributed by atoms with Crippen molar-refractivity contribution in [2.24, 2.45) is 10.2 Å².